The smallest absolute Gasteiger partial charge is 0.240 e. The number of aryl methyl sites for hydroxylation is 1. The SMILES string of the molecule is CCCN(CC(=O)N(Cc1ccccc1C)C1CCN(C(=O)C(C)Cl)CC1)S(=O)(=O)CC. The lowest BCUT2D eigenvalue weighted by atomic mass is 10.0. The summed E-state index contributed by atoms with van der Waals surface area (Å²) in [6.45, 7) is 8.81. The number of rotatable bonds is 10. The molecule has 0 bridgehead atoms. The van der Waals surface area contributed by atoms with Gasteiger partial charge in [0.1, 0.15) is 5.38 Å². The van der Waals surface area contributed by atoms with Crippen molar-refractivity contribution >= 4 is 33.4 Å². The summed E-state index contributed by atoms with van der Waals surface area (Å²) in [5.74, 6) is -0.325. The Kier molecular flexibility index (Phi) is 9.98. The normalized spacial score (nSPS) is 16.2. The molecule has 0 radical (unpaired) electrons. The molecule has 180 valence electrons. The lowest BCUT2D eigenvalue weighted by Crippen LogP contribution is -2.52. The fourth-order valence-corrected chi connectivity index (χ4v) is 5.30. The number of carbonyl (C=O) groups excluding carboxylic acids is 2. The van der Waals surface area contributed by atoms with Crippen molar-refractivity contribution in [3.05, 3.63) is 35.4 Å². The second-order valence-corrected chi connectivity index (χ2v) is 11.3. The van der Waals surface area contributed by atoms with E-state index in [2.05, 4.69) is 0 Å². The first-order chi connectivity index (χ1) is 15.1. The highest BCUT2D eigenvalue weighted by molar-refractivity contribution is 7.89. The van der Waals surface area contributed by atoms with Gasteiger partial charge in [-0.25, -0.2) is 8.42 Å². The summed E-state index contributed by atoms with van der Waals surface area (Å²) in [5.41, 5.74) is 2.12. The molecule has 0 spiro atoms. The summed E-state index contributed by atoms with van der Waals surface area (Å²) in [6.07, 6.45) is 1.92. The van der Waals surface area contributed by atoms with Crippen LogP contribution >= 0.6 is 11.6 Å². The molecule has 0 saturated carbocycles. The van der Waals surface area contributed by atoms with Crippen LogP contribution in [0.15, 0.2) is 24.3 Å². The van der Waals surface area contributed by atoms with E-state index in [0.717, 1.165) is 11.1 Å². The molecule has 1 unspecified atom stereocenters. The Morgan fingerprint density at radius 1 is 1.19 bits per heavy atom. The van der Waals surface area contributed by atoms with Crippen molar-refractivity contribution in [2.75, 3.05) is 31.9 Å². The highest BCUT2D eigenvalue weighted by Gasteiger charge is 2.33. The Morgan fingerprint density at radius 2 is 1.81 bits per heavy atom. The first-order valence-corrected chi connectivity index (χ1v) is 13.4. The molecule has 9 heteroatoms. The van der Waals surface area contributed by atoms with Crippen LogP contribution in [0.1, 0.15) is 51.2 Å². The molecule has 2 rings (SSSR count). The van der Waals surface area contributed by atoms with Crippen LogP contribution in [0, 0.1) is 6.92 Å². The maximum Gasteiger partial charge on any atom is 0.240 e. The van der Waals surface area contributed by atoms with E-state index in [9.17, 15) is 18.0 Å². The largest absolute Gasteiger partial charge is 0.341 e. The number of alkyl halides is 1. The zero-order valence-corrected chi connectivity index (χ0v) is 21.2. The molecule has 32 heavy (non-hydrogen) atoms. The van der Waals surface area contributed by atoms with Crippen LogP contribution in [0.25, 0.3) is 0 Å². The van der Waals surface area contributed by atoms with Gasteiger partial charge in [0.2, 0.25) is 21.8 Å². The zero-order chi connectivity index (χ0) is 23.9. The van der Waals surface area contributed by atoms with E-state index in [-0.39, 0.29) is 30.2 Å². The molecule has 0 aliphatic carbocycles. The van der Waals surface area contributed by atoms with Gasteiger partial charge in [0.15, 0.2) is 0 Å². The summed E-state index contributed by atoms with van der Waals surface area (Å²) in [5, 5.41) is -0.571. The van der Waals surface area contributed by atoms with Crippen molar-refractivity contribution < 1.29 is 18.0 Å². The summed E-state index contributed by atoms with van der Waals surface area (Å²) >= 11 is 5.96. The molecular weight excluding hydrogens is 450 g/mol. The van der Waals surface area contributed by atoms with Crippen LogP contribution in [0.5, 0.6) is 0 Å². The molecule has 1 atom stereocenters. The number of amides is 2. The molecule has 2 amide bonds. The number of likely N-dealkylation sites (tertiary alicyclic amines) is 1. The van der Waals surface area contributed by atoms with Crippen LogP contribution in [0.3, 0.4) is 0 Å². The highest BCUT2D eigenvalue weighted by atomic mass is 35.5. The fraction of sp³-hybridized carbons (Fsp3) is 0.652. The van der Waals surface area contributed by atoms with E-state index < -0.39 is 15.4 Å². The first kappa shape index (κ1) is 26.6. The van der Waals surface area contributed by atoms with Crippen LogP contribution in [-0.4, -0.2) is 77.7 Å². The van der Waals surface area contributed by atoms with Gasteiger partial charge in [-0.3, -0.25) is 9.59 Å². The Bertz CT molecular complexity index is 883. The monoisotopic (exact) mass is 485 g/mol. The minimum atomic E-state index is -3.47. The molecule has 0 aromatic heterocycles. The van der Waals surface area contributed by atoms with Crippen LogP contribution in [0.4, 0.5) is 0 Å². The van der Waals surface area contributed by atoms with Crippen molar-refractivity contribution in [2.24, 2.45) is 0 Å². The quantitative estimate of drug-likeness (QED) is 0.477. The molecule has 1 aromatic carbocycles. The molecule has 1 aromatic rings. The third-order valence-electron chi connectivity index (χ3n) is 6.02. The Balaban J connectivity index is 2.24. The van der Waals surface area contributed by atoms with E-state index >= 15 is 0 Å². The third kappa shape index (κ3) is 6.93. The van der Waals surface area contributed by atoms with Gasteiger partial charge in [-0.2, -0.15) is 4.31 Å². The van der Waals surface area contributed by atoms with E-state index in [4.69, 9.17) is 11.6 Å². The van der Waals surface area contributed by atoms with Gasteiger partial charge < -0.3 is 9.80 Å². The van der Waals surface area contributed by atoms with Gasteiger partial charge in [0.05, 0.1) is 12.3 Å². The molecule has 1 saturated heterocycles. The lowest BCUT2D eigenvalue weighted by Gasteiger charge is -2.40. The number of hydrogen-bond donors (Lipinski definition) is 0. The van der Waals surface area contributed by atoms with Gasteiger partial charge in [-0.15, -0.1) is 11.6 Å². The minimum absolute atomic E-state index is 0.0326. The molecule has 1 fully saturated rings. The first-order valence-electron chi connectivity index (χ1n) is 11.3. The van der Waals surface area contributed by atoms with Crippen LogP contribution in [0.2, 0.25) is 0 Å². The van der Waals surface area contributed by atoms with Crippen molar-refractivity contribution in [2.45, 2.75) is 64.9 Å². The van der Waals surface area contributed by atoms with E-state index in [1.54, 1.807) is 18.7 Å². The second kappa shape index (κ2) is 12.0. The molecular formula is C23H36ClN3O4S. The summed E-state index contributed by atoms with van der Waals surface area (Å²) in [7, 11) is -3.47. The number of nitrogens with zero attached hydrogens (tertiary/aromatic N) is 3. The molecule has 0 N–H and O–H groups in total. The summed E-state index contributed by atoms with van der Waals surface area (Å²) in [4.78, 5) is 29.2. The van der Waals surface area contributed by atoms with Crippen LogP contribution < -0.4 is 0 Å². The number of carbonyl (C=O) groups is 2. The van der Waals surface area contributed by atoms with Crippen molar-refractivity contribution in [1.29, 1.82) is 0 Å². The van der Waals surface area contributed by atoms with E-state index in [1.807, 2.05) is 43.0 Å². The van der Waals surface area contributed by atoms with Crippen molar-refractivity contribution in [3.8, 4) is 0 Å². The summed E-state index contributed by atoms with van der Waals surface area (Å²) < 4.78 is 26.3. The van der Waals surface area contributed by atoms with Gasteiger partial charge in [-0.1, -0.05) is 31.2 Å². The Hall–Kier alpha value is -1.64. The number of piperidine rings is 1. The molecule has 1 aliphatic rings. The highest BCUT2D eigenvalue weighted by Crippen LogP contribution is 2.22. The Morgan fingerprint density at radius 3 is 2.34 bits per heavy atom. The van der Waals surface area contributed by atoms with Crippen LogP contribution in [-0.2, 0) is 26.2 Å². The number of hydrogen-bond acceptors (Lipinski definition) is 4. The third-order valence-corrected chi connectivity index (χ3v) is 8.04. The predicted octanol–water partition coefficient (Wildman–Crippen LogP) is 3.00. The topological polar surface area (TPSA) is 78.0 Å². The average molecular weight is 486 g/mol. The number of sulfonamides is 1. The second-order valence-electron chi connectivity index (χ2n) is 8.35. The summed E-state index contributed by atoms with van der Waals surface area (Å²) in [6, 6.07) is 7.84. The zero-order valence-electron chi connectivity index (χ0n) is 19.6. The fourth-order valence-electron chi connectivity index (χ4n) is 4.03. The Labute approximate surface area is 197 Å². The lowest BCUT2D eigenvalue weighted by molar-refractivity contribution is -0.137. The molecule has 7 nitrogen and oxygen atoms in total. The molecule has 1 heterocycles. The van der Waals surface area contributed by atoms with Gasteiger partial charge in [0, 0.05) is 32.2 Å². The van der Waals surface area contributed by atoms with Crippen molar-refractivity contribution in [1.82, 2.24) is 14.1 Å². The predicted molar refractivity (Wildman–Crippen MR) is 128 cm³/mol. The van der Waals surface area contributed by atoms with Gasteiger partial charge >= 0.3 is 0 Å². The number of benzene rings is 1. The van der Waals surface area contributed by atoms with Crippen molar-refractivity contribution in [3.63, 3.8) is 0 Å². The minimum Gasteiger partial charge on any atom is -0.341 e. The number of halogens is 1. The maximum atomic E-state index is 13.4. The van der Waals surface area contributed by atoms with Gasteiger partial charge in [-0.05, 0) is 51.2 Å². The standard InChI is InChI=1S/C23H36ClN3O4S/c1-5-13-26(32(30,31)6-2)17-22(28)27(16-20-10-8-7-9-18(20)3)21-11-14-25(15-12-21)23(29)19(4)24/h7-10,19,21H,5-6,11-17H2,1-4H3. The van der Waals surface area contributed by atoms with E-state index in [0.29, 0.717) is 45.4 Å². The maximum absolute atomic E-state index is 13.4. The van der Waals surface area contributed by atoms with Gasteiger partial charge in [0.25, 0.3) is 0 Å². The average Bonchev–Trinajstić information content (AvgIpc) is 2.77. The van der Waals surface area contributed by atoms with E-state index in [1.165, 1.54) is 4.31 Å². The molecule has 1 aliphatic heterocycles.